The average molecular weight is 413 g/mol. The number of piperazine rings is 1. The third-order valence-electron chi connectivity index (χ3n) is 5.89. The molecule has 0 radical (unpaired) electrons. The second kappa shape index (κ2) is 8.18. The Hall–Kier alpha value is -3.74. The Labute approximate surface area is 180 Å². The molecule has 1 unspecified atom stereocenters. The average Bonchev–Trinajstić information content (AvgIpc) is 2.84. The smallest absolute Gasteiger partial charge is 0.230 e. The number of nitrogens with zero attached hydrogens (tertiary/aromatic N) is 4. The predicted octanol–water partition coefficient (Wildman–Crippen LogP) is 2.92. The zero-order valence-electron chi connectivity index (χ0n) is 17.1. The molecule has 7 heteroatoms. The maximum atomic E-state index is 13.2. The Balaban J connectivity index is 1.28. The van der Waals surface area contributed by atoms with Gasteiger partial charge in [-0.3, -0.25) is 9.59 Å². The second-order valence-electron chi connectivity index (χ2n) is 7.81. The van der Waals surface area contributed by atoms with Gasteiger partial charge >= 0.3 is 0 Å². The van der Waals surface area contributed by atoms with E-state index in [4.69, 9.17) is 4.98 Å². The van der Waals surface area contributed by atoms with E-state index in [2.05, 4.69) is 15.2 Å². The highest BCUT2D eigenvalue weighted by molar-refractivity contribution is 6.01. The molecule has 1 N–H and O–H groups in total. The summed E-state index contributed by atoms with van der Waals surface area (Å²) >= 11 is 0. The number of amides is 2. The molecular weight excluding hydrogens is 390 g/mol. The van der Waals surface area contributed by atoms with Gasteiger partial charge in [-0.25, -0.2) is 9.97 Å². The Morgan fingerprint density at radius 3 is 2.48 bits per heavy atom. The van der Waals surface area contributed by atoms with E-state index in [9.17, 15) is 9.59 Å². The molecule has 5 rings (SSSR count). The van der Waals surface area contributed by atoms with Crippen molar-refractivity contribution in [3.8, 4) is 11.4 Å². The summed E-state index contributed by atoms with van der Waals surface area (Å²) in [5, 5.41) is 2.86. The molecule has 2 amide bonds. The molecule has 0 aliphatic carbocycles. The van der Waals surface area contributed by atoms with Crippen molar-refractivity contribution in [3.05, 3.63) is 72.4 Å². The molecule has 1 fully saturated rings. The maximum Gasteiger partial charge on any atom is 0.230 e. The monoisotopic (exact) mass is 413 g/mol. The summed E-state index contributed by atoms with van der Waals surface area (Å²) < 4.78 is 0. The number of aromatic nitrogens is 2. The first-order valence-electron chi connectivity index (χ1n) is 10.5. The van der Waals surface area contributed by atoms with E-state index < -0.39 is 5.92 Å². The fourth-order valence-electron chi connectivity index (χ4n) is 4.26. The molecule has 3 aromatic rings. The van der Waals surface area contributed by atoms with Gasteiger partial charge in [0.2, 0.25) is 11.8 Å². The number of nitrogens with one attached hydrogen (secondary N) is 1. The largest absolute Gasteiger partial charge is 0.353 e. The Bertz CT molecular complexity index is 1110. The van der Waals surface area contributed by atoms with Crippen LogP contribution in [0.4, 0.5) is 11.5 Å². The van der Waals surface area contributed by atoms with Gasteiger partial charge < -0.3 is 15.1 Å². The number of hydrogen-bond acceptors (Lipinski definition) is 5. The van der Waals surface area contributed by atoms with Crippen LogP contribution in [0, 0.1) is 0 Å². The van der Waals surface area contributed by atoms with Gasteiger partial charge in [0.05, 0.1) is 5.92 Å². The molecule has 0 bridgehead atoms. The van der Waals surface area contributed by atoms with Crippen LogP contribution in [0.2, 0.25) is 0 Å². The van der Waals surface area contributed by atoms with Crippen molar-refractivity contribution < 1.29 is 9.59 Å². The lowest BCUT2D eigenvalue weighted by molar-refractivity contribution is -0.135. The van der Waals surface area contributed by atoms with E-state index in [1.54, 1.807) is 6.20 Å². The number of carbonyl (C=O) groups excluding carboxylic acids is 2. The van der Waals surface area contributed by atoms with Gasteiger partial charge in [-0.2, -0.15) is 0 Å². The molecule has 1 atom stereocenters. The molecule has 0 saturated carbocycles. The summed E-state index contributed by atoms with van der Waals surface area (Å²) in [5.41, 5.74) is 2.62. The van der Waals surface area contributed by atoms with Crippen LogP contribution in [0.15, 0.2) is 66.9 Å². The van der Waals surface area contributed by atoms with Crippen LogP contribution in [0.1, 0.15) is 17.9 Å². The highest BCUT2D eigenvalue weighted by Gasteiger charge is 2.34. The maximum absolute atomic E-state index is 13.2. The summed E-state index contributed by atoms with van der Waals surface area (Å²) in [6.45, 7) is 2.59. The van der Waals surface area contributed by atoms with Crippen LogP contribution in [0.3, 0.4) is 0 Å². The van der Waals surface area contributed by atoms with Crippen molar-refractivity contribution in [1.82, 2.24) is 14.9 Å². The predicted molar refractivity (Wildman–Crippen MR) is 119 cm³/mol. The standard InChI is InChI=1S/C24H23N5O2/c30-22-16-19(18-8-4-5-9-20(18)26-22)24(31)29-14-12-28(13-15-29)21-10-11-25-23(27-21)17-6-2-1-3-7-17/h1-11,19H,12-16H2,(H,26,30). The van der Waals surface area contributed by atoms with Crippen molar-refractivity contribution in [2.75, 3.05) is 36.4 Å². The lowest BCUT2D eigenvalue weighted by Crippen LogP contribution is -2.51. The van der Waals surface area contributed by atoms with Crippen LogP contribution in [0.25, 0.3) is 11.4 Å². The van der Waals surface area contributed by atoms with Gasteiger partial charge in [0.1, 0.15) is 5.82 Å². The first-order chi connectivity index (χ1) is 15.2. The third-order valence-corrected chi connectivity index (χ3v) is 5.89. The SMILES string of the molecule is O=C1CC(C(=O)N2CCN(c3ccnc(-c4ccccc4)n3)CC2)c2ccccc2N1. The minimum atomic E-state index is -0.416. The molecule has 0 spiro atoms. The normalized spacial score (nSPS) is 18.3. The van der Waals surface area contributed by atoms with Gasteiger partial charge in [0.25, 0.3) is 0 Å². The van der Waals surface area contributed by atoms with Crippen LogP contribution in [-0.4, -0.2) is 52.9 Å². The number of benzene rings is 2. The molecule has 3 heterocycles. The summed E-state index contributed by atoms with van der Waals surface area (Å²) in [6, 6.07) is 19.4. The number of rotatable bonds is 3. The molecule has 7 nitrogen and oxygen atoms in total. The topological polar surface area (TPSA) is 78.4 Å². The van der Waals surface area contributed by atoms with Crippen molar-refractivity contribution in [3.63, 3.8) is 0 Å². The van der Waals surface area contributed by atoms with Gasteiger partial charge in [0, 0.05) is 50.0 Å². The highest BCUT2D eigenvalue weighted by atomic mass is 16.2. The second-order valence-corrected chi connectivity index (χ2v) is 7.81. The Kier molecular flexibility index (Phi) is 5.08. The molecule has 156 valence electrons. The van der Waals surface area contributed by atoms with Crippen LogP contribution >= 0.6 is 0 Å². The van der Waals surface area contributed by atoms with Crippen molar-refractivity contribution >= 4 is 23.3 Å². The molecule has 2 aliphatic rings. The number of hydrogen-bond donors (Lipinski definition) is 1. The lowest BCUT2D eigenvalue weighted by Gasteiger charge is -2.38. The van der Waals surface area contributed by atoms with Gasteiger partial charge in [0.15, 0.2) is 5.82 Å². The summed E-state index contributed by atoms with van der Waals surface area (Å²) in [7, 11) is 0. The number of fused-ring (bicyclic) bond motifs is 1. The van der Waals surface area contributed by atoms with Crippen molar-refractivity contribution in [1.29, 1.82) is 0 Å². The Morgan fingerprint density at radius 2 is 1.68 bits per heavy atom. The summed E-state index contributed by atoms with van der Waals surface area (Å²) in [5.74, 6) is 1.06. The molecule has 1 aromatic heterocycles. The molecule has 31 heavy (non-hydrogen) atoms. The minimum Gasteiger partial charge on any atom is -0.353 e. The van der Waals surface area contributed by atoms with Gasteiger partial charge in [-0.1, -0.05) is 48.5 Å². The minimum absolute atomic E-state index is 0.0228. The molecule has 2 aromatic carbocycles. The van der Waals surface area contributed by atoms with Gasteiger partial charge in [-0.15, -0.1) is 0 Å². The van der Waals surface area contributed by atoms with E-state index >= 15 is 0 Å². The molecule has 1 saturated heterocycles. The van der Waals surface area contributed by atoms with Gasteiger partial charge in [-0.05, 0) is 17.7 Å². The van der Waals surface area contributed by atoms with E-state index in [0.29, 0.717) is 32.0 Å². The first-order valence-corrected chi connectivity index (χ1v) is 10.5. The van der Waals surface area contributed by atoms with E-state index in [1.165, 1.54) is 0 Å². The van der Waals surface area contributed by atoms with E-state index in [1.807, 2.05) is 65.6 Å². The van der Waals surface area contributed by atoms with Crippen LogP contribution in [-0.2, 0) is 9.59 Å². The highest BCUT2D eigenvalue weighted by Crippen LogP contribution is 2.33. The number of anilines is 2. The first kappa shape index (κ1) is 19.2. The molecular formula is C24H23N5O2. The zero-order valence-corrected chi connectivity index (χ0v) is 17.1. The van der Waals surface area contributed by atoms with E-state index in [-0.39, 0.29) is 18.2 Å². The number of para-hydroxylation sites is 1. The lowest BCUT2D eigenvalue weighted by atomic mass is 9.89. The molecule has 2 aliphatic heterocycles. The third kappa shape index (κ3) is 3.86. The van der Waals surface area contributed by atoms with Crippen LogP contribution < -0.4 is 10.2 Å². The van der Waals surface area contributed by atoms with Crippen molar-refractivity contribution in [2.45, 2.75) is 12.3 Å². The Morgan fingerprint density at radius 1 is 0.935 bits per heavy atom. The quantitative estimate of drug-likeness (QED) is 0.714. The zero-order chi connectivity index (χ0) is 21.2. The van der Waals surface area contributed by atoms with Crippen LogP contribution in [0.5, 0.6) is 0 Å². The van der Waals surface area contributed by atoms with E-state index in [0.717, 1.165) is 22.6 Å². The fourth-order valence-corrected chi connectivity index (χ4v) is 4.26. The fraction of sp³-hybridized carbons (Fsp3) is 0.250. The number of carbonyl (C=O) groups is 2. The summed E-state index contributed by atoms with van der Waals surface area (Å²) in [6.07, 6.45) is 1.97. The van der Waals surface area contributed by atoms with Crippen molar-refractivity contribution in [2.24, 2.45) is 0 Å². The summed E-state index contributed by atoms with van der Waals surface area (Å²) in [4.78, 5) is 38.5.